The van der Waals surface area contributed by atoms with Gasteiger partial charge < -0.3 is 9.84 Å². The molecule has 0 bridgehead atoms. The second-order valence-corrected chi connectivity index (χ2v) is 5.61. The standard InChI is InChI=1S/C11H20N4OS/c1-11(2,15-6-4-12-5-7-15)10-13-9(8-17-3)16-14-10/h12H,4-8H2,1-3H3. The average molecular weight is 256 g/mol. The molecule has 1 fully saturated rings. The zero-order chi connectivity index (χ0) is 12.3. The maximum atomic E-state index is 5.26. The summed E-state index contributed by atoms with van der Waals surface area (Å²) < 4.78 is 5.26. The van der Waals surface area contributed by atoms with Crippen molar-refractivity contribution in [1.82, 2.24) is 20.4 Å². The third-order valence-corrected chi connectivity index (χ3v) is 3.73. The van der Waals surface area contributed by atoms with Crippen molar-refractivity contribution in [3.63, 3.8) is 0 Å². The van der Waals surface area contributed by atoms with Gasteiger partial charge in [0.15, 0.2) is 5.82 Å². The van der Waals surface area contributed by atoms with Crippen LogP contribution in [0.1, 0.15) is 25.6 Å². The average Bonchev–Trinajstić information content (AvgIpc) is 2.80. The van der Waals surface area contributed by atoms with Crippen LogP contribution in [0.2, 0.25) is 0 Å². The van der Waals surface area contributed by atoms with Gasteiger partial charge in [-0.1, -0.05) is 5.16 Å². The molecule has 5 nitrogen and oxygen atoms in total. The molecule has 1 saturated heterocycles. The predicted octanol–water partition coefficient (Wildman–Crippen LogP) is 1.07. The van der Waals surface area contributed by atoms with Gasteiger partial charge >= 0.3 is 0 Å². The highest BCUT2D eigenvalue weighted by atomic mass is 32.2. The minimum absolute atomic E-state index is 0.151. The van der Waals surface area contributed by atoms with Gasteiger partial charge in [0, 0.05) is 26.2 Å². The molecular weight excluding hydrogens is 236 g/mol. The number of hydrogen-bond acceptors (Lipinski definition) is 6. The first kappa shape index (κ1) is 12.9. The number of nitrogens with zero attached hydrogens (tertiary/aromatic N) is 3. The summed E-state index contributed by atoms with van der Waals surface area (Å²) in [5.74, 6) is 2.30. The van der Waals surface area contributed by atoms with Crippen LogP contribution in [0.4, 0.5) is 0 Å². The number of thioether (sulfide) groups is 1. The molecule has 0 unspecified atom stereocenters. The maximum Gasteiger partial charge on any atom is 0.236 e. The fourth-order valence-electron chi connectivity index (χ4n) is 2.05. The molecule has 1 aromatic heterocycles. The van der Waals surface area contributed by atoms with Crippen molar-refractivity contribution in [2.45, 2.75) is 25.1 Å². The van der Waals surface area contributed by atoms with Gasteiger partial charge in [-0.05, 0) is 20.1 Å². The summed E-state index contributed by atoms with van der Waals surface area (Å²) in [5, 5.41) is 7.47. The first-order chi connectivity index (χ1) is 8.14. The van der Waals surface area contributed by atoms with E-state index in [-0.39, 0.29) is 5.54 Å². The van der Waals surface area contributed by atoms with E-state index >= 15 is 0 Å². The Balaban J connectivity index is 2.11. The molecule has 2 heterocycles. The highest BCUT2D eigenvalue weighted by Gasteiger charge is 2.34. The van der Waals surface area contributed by atoms with E-state index in [1.807, 2.05) is 6.26 Å². The highest BCUT2D eigenvalue weighted by Crippen LogP contribution is 2.25. The van der Waals surface area contributed by atoms with Crippen molar-refractivity contribution in [2.24, 2.45) is 0 Å². The van der Waals surface area contributed by atoms with Gasteiger partial charge in [-0.15, -0.1) is 0 Å². The molecule has 0 atom stereocenters. The van der Waals surface area contributed by atoms with Crippen molar-refractivity contribution >= 4 is 11.8 Å². The van der Waals surface area contributed by atoms with Crippen LogP contribution < -0.4 is 5.32 Å². The summed E-state index contributed by atoms with van der Waals surface area (Å²) in [5.41, 5.74) is -0.151. The number of aromatic nitrogens is 2. The molecule has 96 valence electrons. The van der Waals surface area contributed by atoms with Crippen molar-refractivity contribution in [2.75, 3.05) is 32.4 Å². The van der Waals surface area contributed by atoms with Gasteiger partial charge in [0.25, 0.3) is 0 Å². The van der Waals surface area contributed by atoms with Crippen LogP contribution in [-0.2, 0) is 11.3 Å². The predicted molar refractivity (Wildman–Crippen MR) is 69.0 cm³/mol. The molecule has 1 N–H and O–H groups in total. The van der Waals surface area contributed by atoms with Crippen molar-refractivity contribution < 1.29 is 4.52 Å². The van der Waals surface area contributed by atoms with Crippen LogP contribution in [-0.4, -0.2) is 47.5 Å². The molecule has 0 amide bonds. The third kappa shape index (κ3) is 2.81. The molecule has 0 radical (unpaired) electrons. The van der Waals surface area contributed by atoms with E-state index in [0.717, 1.165) is 43.6 Å². The summed E-state index contributed by atoms with van der Waals surface area (Å²) in [6.07, 6.45) is 2.03. The van der Waals surface area contributed by atoms with Gasteiger partial charge in [-0.3, -0.25) is 4.90 Å². The molecule has 1 aliphatic rings. The van der Waals surface area contributed by atoms with Crippen LogP contribution in [0.15, 0.2) is 4.52 Å². The number of rotatable bonds is 4. The molecule has 1 aliphatic heterocycles. The van der Waals surface area contributed by atoms with E-state index in [9.17, 15) is 0 Å². The minimum Gasteiger partial charge on any atom is -0.338 e. The minimum atomic E-state index is -0.151. The molecular formula is C11H20N4OS. The maximum absolute atomic E-state index is 5.26. The van der Waals surface area contributed by atoms with Crippen LogP contribution >= 0.6 is 11.8 Å². The fourth-order valence-corrected chi connectivity index (χ4v) is 2.41. The Labute approximate surface area is 106 Å². The second-order valence-electron chi connectivity index (χ2n) is 4.74. The summed E-state index contributed by atoms with van der Waals surface area (Å²) in [4.78, 5) is 6.89. The number of piperazine rings is 1. The SMILES string of the molecule is CSCc1nc(C(C)(C)N2CCNCC2)no1. The second kappa shape index (κ2) is 5.37. The molecule has 17 heavy (non-hydrogen) atoms. The Bertz CT molecular complexity index is 360. The molecule has 0 aromatic carbocycles. The third-order valence-electron chi connectivity index (χ3n) is 3.19. The Hall–Kier alpha value is -0.590. The van der Waals surface area contributed by atoms with Crippen molar-refractivity contribution in [3.05, 3.63) is 11.7 Å². The van der Waals surface area contributed by atoms with Gasteiger partial charge in [-0.25, -0.2) is 0 Å². The monoisotopic (exact) mass is 256 g/mol. The van der Waals surface area contributed by atoms with Gasteiger partial charge in [0.1, 0.15) is 0 Å². The normalized spacial score (nSPS) is 18.5. The summed E-state index contributed by atoms with van der Waals surface area (Å²) in [7, 11) is 0. The number of hydrogen-bond donors (Lipinski definition) is 1. The molecule has 0 saturated carbocycles. The van der Waals surface area contributed by atoms with Crippen molar-refractivity contribution in [1.29, 1.82) is 0 Å². The summed E-state index contributed by atoms with van der Waals surface area (Å²) in [6.45, 7) is 8.43. The first-order valence-corrected chi connectivity index (χ1v) is 7.32. The Kier molecular flexibility index (Phi) is 4.06. The first-order valence-electron chi connectivity index (χ1n) is 5.92. The van der Waals surface area contributed by atoms with E-state index in [2.05, 4.69) is 34.2 Å². The van der Waals surface area contributed by atoms with E-state index < -0.39 is 0 Å². The van der Waals surface area contributed by atoms with Crippen LogP contribution in [0.25, 0.3) is 0 Å². The van der Waals surface area contributed by atoms with E-state index in [0.29, 0.717) is 0 Å². The molecule has 1 aromatic rings. The van der Waals surface area contributed by atoms with Gasteiger partial charge in [0.05, 0.1) is 11.3 Å². The smallest absolute Gasteiger partial charge is 0.236 e. The number of nitrogens with one attached hydrogen (secondary N) is 1. The Morgan fingerprint density at radius 1 is 1.41 bits per heavy atom. The lowest BCUT2D eigenvalue weighted by atomic mass is 10.0. The fraction of sp³-hybridized carbons (Fsp3) is 0.818. The summed E-state index contributed by atoms with van der Waals surface area (Å²) in [6, 6.07) is 0. The highest BCUT2D eigenvalue weighted by molar-refractivity contribution is 7.97. The van der Waals surface area contributed by atoms with Crippen LogP contribution in [0, 0.1) is 0 Å². The van der Waals surface area contributed by atoms with E-state index in [1.165, 1.54) is 0 Å². The van der Waals surface area contributed by atoms with Gasteiger partial charge in [-0.2, -0.15) is 16.7 Å². The molecule has 0 spiro atoms. The van der Waals surface area contributed by atoms with Gasteiger partial charge in [0.2, 0.25) is 5.89 Å². The molecule has 2 rings (SSSR count). The molecule has 6 heteroatoms. The Morgan fingerprint density at radius 2 is 2.12 bits per heavy atom. The van der Waals surface area contributed by atoms with Crippen molar-refractivity contribution in [3.8, 4) is 0 Å². The lowest BCUT2D eigenvalue weighted by Crippen LogP contribution is -2.52. The lowest BCUT2D eigenvalue weighted by Gasteiger charge is -2.38. The van der Waals surface area contributed by atoms with Crippen LogP contribution in [0.3, 0.4) is 0 Å². The lowest BCUT2D eigenvalue weighted by molar-refractivity contribution is 0.0924. The quantitative estimate of drug-likeness (QED) is 0.870. The van der Waals surface area contributed by atoms with E-state index in [1.54, 1.807) is 11.8 Å². The van der Waals surface area contributed by atoms with E-state index in [4.69, 9.17) is 4.52 Å². The zero-order valence-electron chi connectivity index (χ0n) is 10.7. The Morgan fingerprint density at radius 3 is 2.76 bits per heavy atom. The molecule has 0 aliphatic carbocycles. The largest absolute Gasteiger partial charge is 0.338 e. The zero-order valence-corrected chi connectivity index (χ0v) is 11.5. The van der Waals surface area contributed by atoms with Crippen LogP contribution in [0.5, 0.6) is 0 Å². The summed E-state index contributed by atoms with van der Waals surface area (Å²) >= 11 is 1.69. The topological polar surface area (TPSA) is 54.2 Å².